The number of nitrogens with zero attached hydrogens (tertiary/aromatic N) is 1. The Hall–Kier alpha value is -0.890. The predicted molar refractivity (Wildman–Crippen MR) is 66.4 cm³/mol. The summed E-state index contributed by atoms with van der Waals surface area (Å²) in [5, 5.41) is 0.347. The molecule has 6 nitrogen and oxygen atoms in total. The molecule has 0 aliphatic heterocycles. The SMILES string of the molecule is COCCNS(=O)(=O)Nc1cnc(Cl)c(C)c1. The van der Waals surface area contributed by atoms with E-state index >= 15 is 0 Å². The predicted octanol–water partition coefficient (Wildman–Crippen LogP) is 0.936. The number of aryl methyl sites for hydroxylation is 1. The number of nitrogens with one attached hydrogen (secondary N) is 2. The first-order chi connectivity index (χ1) is 7.94. The largest absolute Gasteiger partial charge is 0.383 e. The molecule has 0 spiro atoms. The minimum Gasteiger partial charge on any atom is -0.383 e. The highest BCUT2D eigenvalue weighted by Crippen LogP contribution is 2.16. The molecule has 0 unspecified atom stereocenters. The Morgan fingerprint density at radius 2 is 2.24 bits per heavy atom. The number of hydrogen-bond acceptors (Lipinski definition) is 4. The lowest BCUT2D eigenvalue weighted by Gasteiger charge is -2.09. The molecule has 0 aliphatic rings. The van der Waals surface area contributed by atoms with E-state index in [0.29, 0.717) is 23.0 Å². The van der Waals surface area contributed by atoms with Crippen molar-refractivity contribution >= 4 is 27.5 Å². The fourth-order valence-corrected chi connectivity index (χ4v) is 2.03. The average Bonchev–Trinajstić information content (AvgIpc) is 2.23. The maximum atomic E-state index is 11.5. The molecule has 1 aromatic heterocycles. The summed E-state index contributed by atoms with van der Waals surface area (Å²) in [4.78, 5) is 3.85. The smallest absolute Gasteiger partial charge is 0.299 e. The third-order valence-electron chi connectivity index (χ3n) is 1.86. The van der Waals surface area contributed by atoms with Crippen LogP contribution in [0.4, 0.5) is 5.69 Å². The van der Waals surface area contributed by atoms with Crippen LogP contribution in [0, 0.1) is 6.92 Å². The number of anilines is 1. The third kappa shape index (κ3) is 4.86. The number of aromatic nitrogens is 1. The Morgan fingerprint density at radius 1 is 1.53 bits per heavy atom. The van der Waals surface area contributed by atoms with Crippen LogP contribution in [-0.2, 0) is 14.9 Å². The van der Waals surface area contributed by atoms with Gasteiger partial charge in [-0.1, -0.05) is 11.6 Å². The monoisotopic (exact) mass is 279 g/mol. The Labute approximate surface area is 106 Å². The zero-order chi connectivity index (χ0) is 12.9. The molecule has 8 heteroatoms. The molecule has 0 amide bonds. The van der Waals surface area contributed by atoms with Gasteiger partial charge in [-0.15, -0.1) is 0 Å². The van der Waals surface area contributed by atoms with Crippen LogP contribution in [0.25, 0.3) is 0 Å². The maximum absolute atomic E-state index is 11.5. The van der Waals surface area contributed by atoms with E-state index in [1.54, 1.807) is 13.0 Å². The molecule has 0 bridgehead atoms. The first kappa shape index (κ1) is 14.2. The van der Waals surface area contributed by atoms with Crippen LogP contribution < -0.4 is 9.44 Å². The topological polar surface area (TPSA) is 80.3 Å². The molecule has 17 heavy (non-hydrogen) atoms. The molecule has 1 rings (SSSR count). The number of methoxy groups -OCH3 is 1. The minimum atomic E-state index is -3.60. The van der Waals surface area contributed by atoms with Crippen molar-refractivity contribution in [1.29, 1.82) is 0 Å². The normalized spacial score (nSPS) is 11.5. The quantitative estimate of drug-likeness (QED) is 0.600. The van der Waals surface area contributed by atoms with Gasteiger partial charge in [0.25, 0.3) is 10.2 Å². The number of halogens is 1. The summed E-state index contributed by atoms with van der Waals surface area (Å²) in [6, 6.07) is 1.60. The maximum Gasteiger partial charge on any atom is 0.299 e. The lowest BCUT2D eigenvalue weighted by Crippen LogP contribution is -2.32. The van der Waals surface area contributed by atoms with Crippen LogP contribution in [0.5, 0.6) is 0 Å². The number of hydrogen-bond donors (Lipinski definition) is 2. The third-order valence-corrected chi connectivity index (χ3v) is 3.35. The molecule has 2 N–H and O–H groups in total. The van der Waals surface area contributed by atoms with E-state index in [2.05, 4.69) is 14.4 Å². The van der Waals surface area contributed by atoms with Crippen molar-refractivity contribution in [2.75, 3.05) is 25.0 Å². The summed E-state index contributed by atoms with van der Waals surface area (Å²) in [6.07, 6.45) is 1.35. The van der Waals surface area contributed by atoms with Gasteiger partial charge in [-0.25, -0.2) is 4.98 Å². The van der Waals surface area contributed by atoms with Gasteiger partial charge < -0.3 is 4.74 Å². The Morgan fingerprint density at radius 3 is 2.82 bits per heavy atom. The lowest BCUT2D eigenvalue weighted by molar-refractivity contribution is 0.204. The summed E-state index contributed by atoms with van der Waals surface area (Å²) in [7, 11) is -2.11. The molecule has 0 radical (unpaired) electrons. The van der Waals surface area contributed by atoms with Crippen LogP contribution in [0.15, 0.2) is 12.3 Å². The second-order valence-corrected chi connectivity index (χ2v) is 5.18. The zero-order valence-corrected chi connectivity index (χ0v) is 11.1. The number of ether oxygens (including phenoxy) is 1. The molecule has 0 saturated carbocycles. The van der Waals surface area contributed by atoms with E-state index in [0.717, 1.165) is 0 Å². The van der Waals surface area contributed by atoms with Gasteiger partial charge in [0.15, 0.2) is 0 Å². The van der Waals surface area contributed by atoms with Gasteiger partial charge in [0, 0.05) is 13.7 Å². The highest BCUT2D eigenvalue weighted by molar-refractivity contribution is 7.90. The highest BCUT2D eigenvalue weighted by atomic mass is 35.5. The lowest BCUT2D eigenvalue weighted by atomic mass is 10.3. The van der Waals surface area contributed by atoms with Crippen molar-refractivity contribution < 1.29 is 13.2 Å². The van der Waals surface area contributed by atoms with Gasteiger partial charge in [-0.2, -0.15) is 13.1 Å². The Bertz CT molecular complexity index is 478. The van der Waals surface area contributed by atoms with Crippen LogP contribution >= 0.6 is 11.6 Å². The molecule has 0 atom stereocenters. The van der Waals surface area contributed by atoms with Gasteiger partial charge >= 0.3 is 0 Å². The van der Waals surface area contributed by atoms with Crippen molar-refractivity contribution in [3.63, 3.8) is 0 Å². The first-order valence-electron chi connectivity index (χ1n) is 4.83. The zero-order valence-electron chi connectivity index (χ0n) is 9.53. The molecule has 0 fully saturated rings. The fourth-order valence-electron chi connectivity index (χ4n) is 1.08. The molecule has 1 heterocycles. The van der Waals surface area contributed by atoms with Crippen molar-refractivity contribution in [3.05, 3.63) is 23.0 Å². The first-order valence-corrected chi connectivity index (χ1v) is 6.69. The van der Waals surface area contributed by atoms with E-state index in [-0.39, 0.29) is 6.54 Å². The molecular formula is C9H14ClN3O3S. The van der Waals surface area contributed by atoms with E-state index in [9.17, 15) is 8.42 Å². The number of pyridine rings is 1. The standard InChI is InChI=1S/C9H14ClN3O3S/c1-7-5-8(6-11-9(7)10)13-17(14,15)12-3-4-16-2/h5-6,12-13H,3-4H2,1-2H3. The van der Waals surface area contributed by atoms with Crippen molar-refractivity contribution in [2.45, 2.75) is 6.92 Å². The molecule has 0 aromatic carbocycles. The Kier molecular flexibility index (Phi) is 5.13. The fraction of sp³-hybridized carbons (Fsp3) is 0.444. The van der Waals surface area contributed by atoms with E-state index in [4.69, 9.17) is 16.3 Å². The second kappa shape index (κ2) is 6.15. The summed E-state index contributed by atoms with van der Waals surface area (Å²) in [6.45, 7) is 2.25. The van der Waals surface area contributed by atoms with Crippen LogP contribution in [0.1, 0.15) is 5.56 Å². The second-order valence-electron chi connectivity index (χ2n) is 3.32. The highest BCUT2D eigenvalue weighted by Gasteiger charge is 2.09. The van der Waals surface area contributed by atoms with E-state index in [1.165, 1.54) is 13.3 Å². The van der Waals surface area contributed by atoms with Crippen LogP contribution in [0.2, 0.25) is 5.15 Å². The molecule has 0 saturated heterocycles. The van der Waals surface area contributed by atoms with Crippen LogP contribution in [0.3, 0.4) is 0 Å². The number of rotatable bonds is 6. The van der Waals surface area contributed by atoms with Gasteiger partial charge in [-0.3, -0.25) is 4.72 Å². The molecular weight excluding hydrogens is 266 g/mol. The minimum absolute atomic E-state index is 0.200. The van der Waals surface area contributed by atoms with Crippen molar-refractivity contribution in [2.24, 2.45) is 0 Å². The van der Waals surface area contributed by atoms with Crippen molar-refractivity contribution in [1.82, 2.24) is 9.71 Å². The molecule has 0 aliphatic carbocycles. The summed E-state index contributed by atoms with van der Waals surface area (Å²) in [5.74, 6) is 0. The van der Waals surface area contributed by atoms with E-state index in [1.807, 2.05) is 0 Å². The van der Waals surface area contributed by atoms with E-state index < -0.39 is 10.2 Å². The molecule has 1 aromatic rings. The van der Waals surface area contributed by atoms with Crippen LogP contribution in [-0.4, -0.2) is 33.7 Å². The summed E-state index contributed by atoms with van der Waals surface area (Å²) < 4.78 is 32.5. The average molecular weight is 280 g/mol. The van der Waals surface area contributed by atoms with Gasteiger partial charge in [0.05, 0.1) is 18.5 Å². The molecule has 96 valence electrons. The van der Waals surface area contributed by atoms with Gasteiger partial charge in [0.2, 0.25) is 0 Å². The summed E-state index contributed by atoms with van der Waals surface area (Å²) in [5.41, 5.74) is 1.06. The van der Waals surface area contributed by atoms with Gasteiger partial charge in [-0.05, 0) is 18.6 Å². The Balaban J connectivity index is 2.66. The summed E-state index contributed by atoms with van der Waals surface area (Å²) >= 11 is 5.73. The van der Waals surface area contributed by atoms with Crippen molar-refractivity contribution in [3.8, 4) is 0 Å². The van der Waals surface area contributed by atoms with Gasteiger partial charge in [0.1, 0.15) is 5.15 Å².